The Balaban J connectivity index is 2.14. The summed E-state index contributed by atoms with van der Waals surface area (Å²) in [5, 5.41) is 2.54. The van der Waals surface area contributed by atoms with Gasteiger partial charge < -0.3 is 4.74 Å². The zero-order valence-electron chi connectivity index (χ0n) is 12.4. The molecular formula is C20H18O. The van der Waals surface area contributed by atoms with Crippen LogP contribution in [-0.4, -0.2) is 6.61 Å². The average molecular weight is 274 g/mol. The number of hydrogen-bond donors (Lipinski definition) is 0. The van der Waals surface area contributed by atoms with E-state index in [0.29, 0.717) is 6.61 Å². The largest absolute Gasteiger partial charge is 0.493 e. The summed E-state index contributed by atoms with van der Waals surface area (Å²) in [6.07, 6.45) is 1.02. The molecule has 0 saturated heterocycles. The van der Waals surface area contributed by atoms with E-state index in [1.54, 1.807) is 0 Å². The van der Waals surface area contributed by atoms with Gasteiger partial charge in [0.05, 0.1) is 6.61 Å². The van der Waals surface area contributed by atoms with E-state index in [9.17, 15) is 0 Å². The van der Waals surface area contributed by atoms with Crippen LogP contribution in [0.2, 0.25) is 0 Å². The van der Waals surface area contributed by atoms with Crippen molar-refractivity contribution < 1.29 is 4.74 Å². The first kappa shape index (κ1) is 12.5. The van der Waals surface area contributed by atoms with Crippen molar-refractivity contribution in [1.82, 2.24) is 0 Å². The molecule has 21 heavy (non-hydrogen) atoms. The lowest BCUT2D eigenvalue weighted by Crippen LogP contribution is -1.99. The topological polar surface area (TPSA) is 9.23 Å². The Morgan fingerprint density at radius 1 is 0.952 bits per heavy atom. The maximum atomic E-state index is 5.97. The van der Waals surface area contributed by atoms with Gasteiger partial charge in [0.15, 0.2) is 0 Å². The fraction of sp³-hybridized carbons (Fsp3) is 0.200. The van der Waals surface area contributed by atoms with Gasteiger partial charge >= 0.3 is 0 Å². The third-order valence-corrected chi connectivity index (χ3v) is 4.48. The molecule has 0 N–H and O–H groups in total. The second kappa shape index (κ2) is 4.63. The van der Waals surface area contributed by atoms with Crippen molar-refractivity contribution in [2.24, 2.45) is 0 Å². The van der Waals surface area contributed by atoms with Gasteiger partial charge in [0.2, 0.25) is 0 Å². The first-order chi connectivity index (χ1) is 10.3. The minimum absolute atomic E-state index is 0.705. The highest BCUT2D eigenvalue weighted by atomic mass is 16.5. The van der Waals surface area contributed by atoms with Crippen molar-refractivity contribution in [1.29, 1.82) is 0 Å². The lowest BCUT2D eigenvalue weighted by atomic mass is 9.93. The fourth-order valence-electron chi connectivity index (χ4n) is 3.56. The zero-order valence-corrected chi connectivity index (χ0v) is 12.4. The minimum Gasteiger partial charge on any atom is -0.493 e. The summed E-state index contributed by atoms with van der Waals surface area (Å²) in [6, 6.07) is 17.4. The van der Waals surface area contributed by atoms with Crippen molar-refractivity contribution in [3.8, 4) is 16.9 Å². The highest BCUT2D eigenvalue weighted by Gasteiger charge is 2.25. The third kappa shape index (κ3) is 1.70. The van der Waals surface area contributed by atoms with E-state index in [1.807, 2.05) is 0 Å². The van der Waals surface area contributed by atoms with E-state index in [-0.39, 0.29) is 0 Å². The fourth-order valence-corrected chi connectivity index (χ4v) is 3.56. The molecule has 0 saturated carbocycles. The van der Waals surface area contributed by atoms with E-state index in [0.717, 1.165) is 12.2 Å². The van der Waals surface area contributed by atoms with Gasteiger partial charge in [-0.3, -0.25) is 0 Å². The van der Waals surface area contributed by atoms with Crippen LogP contribution in [0.1, 0.15) is 23.6 Å². The number of fused-ring (bicyclic) bond motifs is 5. The van der Waals surface area contributed by atoms with Crippen LogP contribution in [0.15, 0.2) is 48.5 Å². The van der Waals surface area contributed by atoms with Crippen LogP contribution in [0, 0.1) is 6.92 Å². The van der Waals surface area contributed by atoms with Crippen molar-refractivity contribution in [2.75, 3.05) is 6.61 Å². The van der Waals surface area contributed by atoms with Gasteiger partial charge in [-0.25, -0.2) is 0 Å². The molecule has 3 aromatic carbocycles. The molecule has 0 fully saturated rings. The molecule has 0 aromatic heterocycles. The molecule has 1 heteroatoms. The van der Waals surface area contributed by atoms with Gasteiger partial charge in [0, 0.05) is 5.39 Å². The SMILES string of the molecule is CCOc1c(C)c2c(c3ccccc13)-c1ccccc1C2. The van der Waals surface area contributed by atoms with Crippen molar-refractivity contribution in [2.45, 2.75) is 20.3 Å². The molecule has 0 radical (unpaired) electrons. The summed E-state index contributed by atoms with van der Waals surface area (Å²) >= 11 is 0. The van der Waals surface area contributed by atoms with E-state index in [2.05, 4.69) is 62.4 Å². The molecule has 1 aliphatic carbocycles. The zero-order chi connectivity index (χ0) is 14.4. The molecule has 104 valence electrons. The summed E-state index contributed by atoms with van der Waals surface area (Å²) in [6.45, 7) is 4.95. The van der Waals surface area contributed by atoms with Gasteiger partial charge in [-0.05, 0) is 53.5 Å². The van der Waals surface area contributed by atoms with Gasteiger partial charge in [0.25, 0.3) is 0 Å². The van der Waals surface area contributed by atoms with Crippen molar-refractivity contribution in [3.05, 3.63) is 65.2 Å². The molecule has 0 atom stereocenters. The smallest absolute Gasteiger partial charge is 0.130 e. The third-order valence-electron chi connectivity index (χ3n) is 4.48. The molecule has 0 unspecified atom stereocenters. The van der Waals surface area contributed by atoms with Gasteiger partial charge in [-0.2, -0.15) is 0 Å². The van der Waals surface area contributed by atoms with Crippen molar-refractivity contribution >= 4 is 10.8 Å². The monoisotopic (exact) mass is 274 g/mol. The van der Waals surface area contributed by atoms with Crippen LogP contribution in [0.25, 0.3) is 21.9 Å². The lowest BCUT2D eigenvalue weighted by Gasteiger charge is -2.16. The van der Waals surface area contributed by atoms with E-state index < -0.39 is 0 Å². The van der Waals surface area contributed by atoms with Gasteiger partial charge in [0.1, 0.15) is 5.75 Å². The van der Waals surface area contributed by atoms with Crippen LogP contribution >= 0.6 is 0 Å². The Hall–Kier alpha value is -2.28. The quantitative estimate of drug-likeness (QED) is 0.493. The lowest BCUT2D eigenvalue weighted by molar-refractivity contribution is 0.342. The predicted molar refractivity (Wildman–Crippen MR) is 88.1 cm³/mol. The highest BCUT2D eigenvalue weighted by Crippen LogP contribution is 2.46. The first-order valence-electron chi connectivity index (χ1n) is 7.56. The molecule has 0 heterocycles. The molecule has 1 aliphatic rings. The molecule has 0 amide bonds. The Morgan fingerprint density at radius 3 is 2.48 bits per heavy atom. The van der Waals surface area contributed by atoms with Crippen LogP contribution in [0.3, 0.4) is 0 Å². The van der Waals surface area contributed by atoms with Crippen LogP contribution in [0.4, 0.5) is 0 Å². The standard InChI is InChI=1S/C20H18O/c1-3-21-20-13(2)18-12-14-8-4-5-9-15(14)19(18)16-10-6-7-11-17(16)20/h4-11H,3,12H2,1-2H3. The summed E-state index contributed by atoms with van der Waals surface area (Å²) in [5.74, 6) is 1.06. The number of ether oxygens (including phenoxy) is 1. The summed E-state index contributed by atoms with van der Waals surface area (Å²) in [4.78, 5) is 0. The minimum atomic E-state index is 0.705. The predicted octanol–water partition coefficient (Wildman–Crippen LogP) is 5.12. The molecule has 0 bridgehead atoms. The molecule has 1 nitrogen and oxygen atoms in total. The highest BCUT2D eigenvalue weighted by molar-refractivity contribution is 6.05. The Morgan fingerprint density at radius 2 is 1.67 bits per heavy atom. The number of rotatable bonds is 2. The van der Waals surface area contributed by atoms with Crippen molar-refractivity contribution in [3.63, 3.8) is 0 Å². The number of benzene rings is 3. The normalized spacial score (nSPS) is 12.3. The maximum absolute atomic E-state index is 5.97. The van der Waals surface area contributed by atoms with Crippen LogP contribution in [-0.2, 0) is 6.42 Å². The van der Waals surface area contributed by atoms with E-state index >= 15 is 0 Å². The second-order valence-corrected chi connectivity index (χ2v) is 5.62. The average Bonchev–Trinajstić information content (AvgIpc) is 2.91. The Kier molecular flexibility index (Phi) is 2.75. The van der Waals surface area contributed by atoms with Gasteiger partial charge in [-0.15, -0.1) is 0 Å². The molecule has 0 spiro atoms. The Labute approximate surface area is 125 Å². The first-order valence-corrected chi connectivity index (χ1v) is 7.56. The summed E-state index contributed by atoms with van der Waals surface area (Å²) in [7, 11) is 0. The molecule has 3 aromatic rings. The number of hydrogen-bond acceptors (Lipinski definition) is 1. The van der Waals surface area contributed by atoms with Crippen LogP contribution < -0.4 is 4.74 Å². The summed E-state index contributed by atoms with van der Waals surface area (Å²) in [5.41, 5.74) is 6.94. The van der Waals surface area contributed by atoms with E-state index in [1.165, 1.54) is 38.6 Å². The molecular weight excluding hydrogens is 256 g/mol. The molecule has 4 rings (SSSR count). The summed E-state index contributed by atoms with van der Waals surface area (Å²) < 4.78 is 5.97. The van der Waals surface area contributed by atoms with Gasteiger partial charge in [-0.1, -0.05) is 48.5 Å². The van der Waals surface area contributed by atoms with Crippen LogP contribution in [0.5, 0.6) is 5.75 Å². The van der Waals surface area contributed by atoms with E-state index in [4.69, 9.17) is 4.74 Å². The Bertz CT molecular complexity index is 846. The maximum Gasteiger partial charge on any atom is 0.130 e. The molecule has 0 aliphatic heterocycles. The second-order valence-electron chi connectivity index (χ2n) is 5.62.